The Balaban J connectivity index is 2.27. The van der Waals surface area contributed by atoms with E-state index in [-0.39, 0.29) is 11.5 Å². The Labute approximate surface area is 121 Å². The van der Waals surface area contributed by atoms with E-state index in [1.54, 1.807) is 22.9 Å². The van der Waals surface area contributed by atoms with Gasteiger partial charge in [0.2, 0.25) is 0 Å². The normalized spacial score (nSPS) is 17.8. The minimum atomic E-state index is -4.34. The van der Waals surface area contributed by atoms with Crippen LogP contribution in [0.4, 0.5) is 8.63 Å². The van der Waals surface area contributed by atoms with Gasteiger partial charge in [0.05, 0.1) is 17.1 Å². The third-order valence-electron chi connectivity index (χ3n) is 3.19. The Bertz CT molecular complexity index is 767. The molecule has 1 aliphatic heterocycles. The first-order valence-corrected chi connectivity index (χ1v) is 6.58. The minimum absolute atomic E-state index is 0.117. The van der Waals surface area contributed by atoms with Crippen LogP contribution >= 0.6 is 0 Å². The van der Waals surface area contributed by atoms with E-state index in [0.717, 1.165) is 10.8 Å². The fourth-order valence-electron chi connectivity index (χ4n) is 2.32. The molecule has 108 valence electrons. The molecule has 0 saturated heterocycles. The number of fused-ring (bicyclic) bond motifs is 3. The van der Waals surface area contributed by atoms with E-state index in [1.807, 2.05) is 38.4 Å². The Morgan fingerprint density at radius 1 is 1.05 bits per heavy atom. The van der Waals surface area contributed by atoms with Crippen molar-refractivity contribution in [1.82, 2.24) is 0 Å². The first kappa shape index (κ1) is 13.6. The monoisotopic (exact) mass is 289 g/mol. The molecule has 1 heterocycles. The molecule has 0 radical (unpaired) electrons. The summed E-state index contributed by atoms with van der Waals surface area (Å²) in [7, 11) is -0.724. The molecule has 0 N–H and O–H groups in total. The van der Waals surface area contributed by atoms with Gasteiger partial charge in [-0.2, -0.15) is 0 Å². The van der Waals surface area contributed by atoms with Crippen molar-refractivity contribution < 1.29 is 22.5 Å². The zero-order valence-electron chi connectivity index (χ0n) is 11.7. The summed E-state index contributed by atoms with van der Waals surface area (Å²) in [6.07, 6.45) is 3.20. The summed E-state index contributed by atoms with van der Waals surface area (Å²) in [6.45, 7) is 0. The zero-order valence-corrected chi connectivity index (χ0v) is 11.7. The van der Waals surface area contributed by atoms with Crippen LogP contribution in [0, 0.1) is 0 Å². The smallest absolute Gasteiger partial charge is 0.627 e. The summed E-state index contributed by atoms with van der Waals surface area (Å²) >= 11 is 0. The summed E-state index contributed by atoms with van der Waals surface area (Å²) in [5.41, 5.74) is 0.555. The van der Waals surface area contributed by atoms with Crippen molar-refractivity contribution in [1.29, 1.82) is 0 Å². The molecule has 21 heavy (non-hydrogen) atoms. The number of halogens is 2. The van der Waals surface area contributed by atoms with E-state index in [1.165, 1.54) is 6.08 Å². The highest BCUT2D eigenvalue weighted by Crippen LogP contribution is 2.41. The lowest BCUT2D eigenvalue weighted by Gasteiger charge is -2.36. The second-order valence-electron chi connectivity index (χ2n) is 5.07. The topological polar surface area (TPSA) is 21.5 Å². The Kier molecular flexibility index (Phi) is 3.16. The van der Waals surface area contributed by atoms with Gasteiger partial charge in [-0.1, -0.05) is 30.3 Å². The van der Waals surface area contributed by atoms with Gasteiger partial charge in [-0.25, -0.2) is 4.58 Å². The zero-order chi connectivity index (χ0) is 15.0. The molecule has 2 aromatic rings. The van der Waals surface area contributed by atoms with Crippen LogP contribution in [0.3, 0.4) is 0 Å². The quantitative estimate of drug-likeness (QED) is 0.456. The number of benzene rings is 2. The average Bonchev–Trinajstić information content (AvgIpc) is 2.43. The van der Waals surface area contributed by atoms with Crippen LogP contribution in [0.5, 0.6) is 5.75 Å². The number of hydrogen-bond donors (Lipinski definition) is 0. The molecule has 0 atom stereocenters. The molecule has 0 saturated carbocycles. The van der Waals surface area contributed by atoms with Crippen molar-refractivity contribution in [3.05, 3.63) is 48.0 Å². The van der Waals surface area contributed by atoms with Crippen molar-refractivity contribution in [2.45, 2.75) is 0 Å². The van der Waals surface area contributed by atoms with Gasteiger partial charge in [-0.15, -0.1) is 0 Å². The minimum Gasteiger partial charge on any atom is -0.627 e. The van der Waals surface area contributed by atoms with E-state index >= 15 is 0 Å². The summed E-state index contributed by atoms with van der Waals surface area (Å²) in [4.78, 5) is 0. The fourth-order valence-corrected chi connectivity index (χ4v) is 2.32. The molecule has 6 heteroatoms. The largest absolute Gasteiger partial charge is 0.725 e. The van der Waals surface area contributed by atoms with E-state index in [4.69, 9.17) is 9.31 Å². The Hall–Kier alpha value is -2.37. The summed E-state index contributed by atoms with van der Waals surface area (Å²) < 4.78 is 38.4. The van der Waals surface area contributed by atoms with Gasteiger partial charge in [-0.3, -0.25) is 0 Å². The van der Waals surface area contributed by atoms with Gasteiger partial charge < -0.3 is 17.9 Å². The van der Waals surface area contributed by atoms with Crippen LogP contribution in [-0.4, -0.2) is 32.0 Å². The number of hydrogen-bond acceptors (Lipinski definition) is 2. The van der Waals surface area contributed by atoms with Crippen LogP contribution in [0.2, 0.25) is 0 Å². The van der Waals surface area contributed by atoms with E-state index in [9.17, 15) is 8.63 Å². The Morgan fingerprint density at radius 3 is 2.57 bits per heavy atom. The van der Waals surface area contributed by atoms with E-state index in [2.05, 4.69) is 0 Å². The predicted molar refractivity (Wildman–Crippen MR) is 79.8 cm³/mol. The van der Waals surface area contributed by atoms with E-state index < -0.39 is 7.11 Å². The molecule has 2 aromatic carbocycles. The lowest BCUT2D eigenvalue weighted by molar-refractivity contribution is -0.458. The Morgan fingerprint density at radius 2 is 1.81 bits per heavy atom. The highest BCUT2D eigenvalue weighted by molar-refractivity contribution is 6.54. The molecular weight excluding hydrogens is 275 g/mol. The molecule has 0 fully saturated rings. The molecule has 0 amide bonds. The molecule has 0 unspecified atom stereocenters. The van der Waals surface area contributed by atoms with Crippen LogP contribution in [0.15, 0.2) is 42.5 Å². The molecule has 1 aliphatic rings. The predicted octanol–water partition coefficient (Wildman–Crippen LogP) is 3.31. The number of nitrogens with zero attached hydrogens (tertiary/aromatic N) is 1. The van der Waals surface area contributed by atoms with Crippen molar-refractivity contribution in [3.8, 4) is 5.75 Å². The first-order chi connectivity index (χ1) is 9.96. The first-order valence-electron chi connectivity index (χ1n) is 6.58. The van der Waals surface area contributed by atoms with Crippen molar-refractivity contribution in [2.75, 3.05) is 14.1 Å². The SMILES string of the molecule is C[N+](C)=C/C=C1/O[B-](F)(F)Oc2ccc3ccccc3c21. The number of rotatable bonds is 1. The maximum Gasteiger partial charge on any atom is 0.725 e. The van der Waals surface area contributed by atoms with Crippen molar-refractivity contribution in [2.24, 2.45) is 0 Å². The molecule has 3 nitrogen and oxygen atoms in total. The second-order valence-corrected chi connectivity index (χ2v) is 5.07. The average molecular weight is 289 g/mol. The van der Waals surface area contributed by atoms with Gasteiger partial charge >= 0.3 is 7.11 Å². The van der Waals surface area contributed by atoms with Gasteiger partial charge in [0, 0.05) is 6.08 Å². The lowest BCUT2D eigenvalue weighted by Crippen LogP contribution is -2.38. The lowest BCUT2D eigenvalue weighted by atomic mass is 9.98. The highest BCUT2D eigenvalue weighted by Gasteiger charge is 2.39. The number of allylic oxidation sites excluding steroid dienone is 1. The third-order valence-corrected chi connectivity index (χ3v) is 3.19. The van der Waals surface area contributed by atoms with Crippen molar-refractivity contribution in [3.63, 3.8) is 0 Å². The maximum atomic E-state index is 13.6. The fraction of sp³-hybridized carbons (Fsp3) is 0.133. The van der Waals surface area contributed by atoms with Gasteiger partial charge in [0.15, 0.2) is 6.21 Å². The van der Waals surface area contributed by atoms with Crippen LogP contribution in [-0.2, 0) is 4.65 Å². The molecule has 0 aliphatic carbocycles. The standard InChI is InChI=1S/C15H14BF2NO2/c1-19(2)10-9-14-15-12-6-4-3-5-11(12)7-8-13(15)20-16(17,18)21-14/h3-10H,1-2H3/b14-9+. The molecule has 0 aromatic heterocycles. The molecule has 0 spiro atoms. The molecule has 0 bridgehead atoms. The van der Waals surface area contributed by atoms with Gasteiger partial charge in [0.25, 0.3) is 0 Å². The van der Waals surface area contributed by atoms with Gasteiger partial charge in [-0.05, 0) is 16.8 Å². The summed E-state index contributed by atoms with van der Waals surface area (Å²) in [5.74, 6) is 0.259. The third kappa shape index (κ3) is 2.61. The maximum absolute atomic E-state index is 13.6. The summed E-state index contributed by atoms with van der Waals surface area (Å²) in [6, 6.07) is 10.8. The van der Waals surface area contributed by atoms with Crippen LogP contribution in [0.25, 0.3) is 16.5 Å². The molecular formula is C15H14BF2NO2. The second kappa shape index (κ2) is 4.88. The summed E-state index contributed by atoms with van der Waals surface area (Å²) in [5, 5.41) is 1.76. The van der Waals surface area contributed by atoms with Crippen molar-refractivity contribution >= 4 is 29.9 Å². The van der Waals surface area contributed by atoms with Gasteiger partial charge in [0.1, 0.15) is 14.1 Å². The van der Waals surface area contributed by atoms with E-state index in [0.29, 0.717) is 5.56 Å². The highest BCUT2D eigenvalue weighted by atomic mass is 19.3. The van der Waals surface area contributed by atoms with Crippen LogP contribution < -0.4 is 4.65 Å². The molecule has 3 rings (SSSR count). The van der Waals surface area contributed by atoms with Crippen LogP contribution in [0.1, 0.15) is 5.56 Å².